The van der Waals surface area contributed by atoms with Crippen LogP contribution in [0.4, 0.5) is 18.9 Å². The first kappa shape index (κ1) is 20.0. The maximum absolute atomic E-state index is 14.1. The van der Waals surface area contributed by atoms with Crippen LogP contribution < -0.4 is 15.4 Å². The van der Waals surface area contributed by atoms with E-state index in [9.17, 15) is 13.2 Å². The Morgan fingerprint density at radius 1 is 1.15 bits per heavy atom. The summed E-state index contributed by atoms with van der Waals surface area (Å²) in [5.41, 5.74) is -1.75. The van der Waals surface area contributed by atoms with Crippen molar-refractivity contribution in [1.82, 2.24) is 10.3 Å². The van der Waals surface area contributed by atoms with E-state index in [1.165, 1.54) is 18.3 Å². The molecule has 27 heavy (non-hydrogen) atoms. The summed E-state index contributed by atoms with van der Waals surface area (Å²) in [5, 5.41) is 6.15. The summed E-state index contributed by atoms with van der Waals surface area (Å²) in [6, 6.07) is 7.76. The Morgan fingerprint density at radius 2 is 1.89 bits per heavy atom. The van der Waals surface area contributed by atoms with E-state index in [1.54, 1.807) is 12.1 Å². The molecule has 1 aromatic heterocycles. The molecule has 1 atom stereocenters. The number of alkyl halides is 3. The van der Waals surface area contributed by atoms with Gasteiger partial charge in [0.15, 0.2) is 0 Å². The molecule has 2 aromatic rings. The van der Waals surface area contributed by atoms with Crippen LogP contribution in [0.2, 0.25) is 5.02 Å². The van der Waals surface area contributed by atoms with E-state index >= 15 is 0 Å². The van der Waals surface area contributed by atoms with Gasteiger partial charge in [0.2, 0.25) is 0 Å². The molecule has 3 heterocycles. The van der Waals surface area contributed by atoms with Crippen LogP contribution >= 0.6 is 24.0 Å². The van der Waals surface area contributed by atoms with Gasteiger partial charge in [-0.15, -0.1) is 12.4 Å². The quantitative estimate of drug-likeness (QED) is 0.730. The van der Waals surface area contributed by atoms with Crippen LogP contribution in [-0.4, -0.2) is 24.2 Å². The highest BCUT2D eigenvalue weighted by Gasteiger charge is 2.63. The molecule has 1 fully saturated rings. The lowest BCUT2D eigenvalue weighted by Crippen LogP contribution is -2.51. The number of piperidine rings is 1. The predicted molar refractivity (Wildman–Crippen MR) is 99.8 cm³/mol. The highest BCUT2D eigenvalue weighted by Crippen LogP contribution is 2.52. The lowest BCUT2D eigenvalue weighted by Gasteiger charge is -2.31. The summed E-state index contributed by atoms with van der Waals surface area (Å²) >= 11 is 5.78. The molecule has 1 saturated heterocycles. The Bertz CT molecular complexity index is 810. The van der Waals surface area contributed by atoms with E-state index in [-0.39, 0.29) is 34.8 Å². The summed E-state index contributed by atoms with van der Waals surface area (Å²) in [6.07, 6.45) is -1.78. The van der Waals surface area contributed by atoms with Crippen molar-refractivity contribution in [3.05, 3.63) is 52.8 Å². The molecule has 4 nitrogen and oxygen atoms in total. The third kappa shape index (κ3) is 3.44. The second kappa shape index (κ2) is 7.37. The lowest BCUT2D eigenvalue weighted by molar-refractivity contribution is -0.239. The molecule has 9 heteroatoms. The third-order valence-electron chi connectivity index (χ3n) is 4.89. The van der Waals surface area contributed by atoms with Crippen LogP contribution in [0.15, 0.2) is 36.5 Å². The van der Waals surface area contributed by atoms with Crippen molar-refractivity contribution in [3.8, 4) is 5.75 Å². The number of hydrogen-bond donors (Lipinski definition) is 2. The predicted octanol–water partition coefficient (Wildman–Crippen LogP) is 4.84. The van der Waals surface area contributed by atoms with Crippen LogP contribution in [0.5, 0.6) is 5.75 Å². The van der Waals surface area contributed by atoms with Crippen LogP contribution in [-0.2, 0) is 5.72 Å². The number of nitrogens with one attached hydrogen (secondary N) is 2. The standard InChI is InChI=1S/C18H17ClF3N3O.ClH/c19-12-4-5-15(24-10-12)17(18(20,21)22)25-16-13(2-1-3-14(16)26-17)11-6-8-23-9-7-11;/h1-5,10-11,23,25H,6-9H2;1H. The molecular weight excluding hydrogens is 402 g/mol. The van der Waals surface area contributed by atoms with Crippen molar-refractivity contribution in [2.24, 2.45) is 0 Å². The fourth-order valence-electron chi connectivity index (χ4n) is 3.58. The summed E-state index contributed by atoms with van der Waals surface area (Å²) < 4.78 is 47.7. The van der Waals surface area contributed by atoms with Crippen molar-refractivity contribution >= 4 is 29.7 Å². The average Bonchev–Trinajstić information content (AvgIpc) is 3.04. The average molecular weight is 420 g/mol. The Kier molecular flexibility index (Phi) is 5.47. The Balaban J connectivity index is 0.00000210. The van der Waals surface area contributed by atoms with Crippen molar-refractivity contribution in [1.29, 1.82) is 0 Å². The summed E-state index contributed by atoms with van der Waals surface area (Å²) in [6.45, 7) is 1.69. The summed E-state index contributed by atoms with van der Waals surface area (Å²) in [5.74, 6) is 0.375. The lowest BCUT2D eigenvalue weighted by atomic mass is 9.89. The van der Waals surface area contributed by atoms with Gasteiger partial charge in [-0.2, -0.15) is 13.2 Å². The van der Waals surface area contributed by atoms with Gasteiger partial charge in [0, 0.05) is 6.20 Å². The highest BCUT2D eigenvalue weighted by atomic mass is 35.5. The van der Waals surface area contributed by atoms with Gasteiger partial charge in [-0.3, -0.25) is 4.98 Å². The van der Waals surface area contributed by atoms with Crippen molar-refractivity contribution in [3.63, 3.8) is 0 Å². The summed E-state index contributed by atoms with van der Waals surface area (Å²) in [7, 11) is 0. The van der Waals surface area contributed by atoms with E-state index in [0.29, 0.717) is 5.69 Å². The van der Waals surface area contributed by atoms with Gasteiger partial charge in [-0.25, -0.2) is 0 Å². The number of anilines is 1. The van der Waals surface area contributed by atoms with Gasteiger partial charge < -0.3 is 15.4 Å². The van der Waals surface area contributed by atoms with Crippen LogP contribution in [0.25, 0.3) is 0 Å². The first-order valence-corrected chi connectivity index (χ1v) is 8.78. The number of rotatable bonds is 2. The smallest absolute Gasteiger partial charge is 0.451 e. The Morgan fingerprint density at radius 3 is 2.52 bits per heavy atom. The molecule has 2 aliphatic rings. The number of hydrogen-bond acceptors (Lipinski definition) is 4. The first-order chi connectivity index (χ1) is 12.4. The van der Waals surface area contributed by atoms with Crippen molar-refractivity contribution in [2.45, 2.75) is 30.7 Å². The zero-order chi connectivity index (χ0) is 18.4. The normalized spacial score (nSPS) is 22.4. The molecule has 2 aliphatic heterocycles. The van der Waals surface area contributed by atoms with Crippen LogP contribution in [0, 0.1) is 0 Å². The van der Waals surface area contributed by atoms with E-state index in [2.05, 4.69) is 15.6 Å². The molecule has 2 N–H and O–H groups in total. The number of pyridine rings is 1. The molecule has 0 amide bonds. The zero-order valence-corrected chi connectivity index (χ0v) is 15.7. The number of nitrogens with zero attached hydrogens (tertiary/aromatic N) is 1. The van der Waals surface area contributed by atoms with E-state index in [0.717, 1.165) is 31.5 Å². The van der Waals surface area contributed by atoms with Gasteiger partial charge in [0.25, 0.3) is 0 Å². The molecule has 0 bridgehead atoms. The Labute approximate surface area is 165 Å². The number of benzene rings is 1. The van der Waals surface area contributed by atoms with Gasteiger partial charge >= 0.3 is 11.9 Å². The fraction of sp³-hybridized carbons (Fsp3) is 0.389. The minimum absolute atomic E-state index is 0. The zero-order valence-electron chi connectivity index (χ0n) is 14.1. The number of fused-ring (bicyclic) bond motifs is 1. The molecule has 0 spiro atoms. The SMILES string of the molecule is Cl.FC(F)(F)C1(c2ccc(Cl)cn2)Nc2c(cccc2C2CCNCC2)O1. The Hall–Kier alpha value is -1.70. The molecule has 146 valence electrons. The van der Waals surface area contributed by atoms with Crippen LogP contribution in [0.3, 0.4) is 0 Å². The van der Waals surface area contributed by atoms with E-state index in [4.69, 9.17) is 16.3 Å². The largest absolute Gasteiger partial charge is 0.455 e. The molecule has 1 aromatic carbocycles. The van der Waals surface area contributed by atoms with Crippen molar-refractivity contribution in [2.75, 3.05) is 18.4 Å². The second-order valence-corrected chi connectivity index (χ2v) is 6.95. The van der Waals surface area contributed by atoms with Gasteiger partial charge in [0.05, 0.1) is 10.7 Å². The first-order valence-electron chi connectivity index (χ1n) is 8.40. The topological polar surface area (TPSA) is 46.2 Å². The molecule has 1 unspecified atom stereocenters. The van der Waals surface area contributed by atoms with Crippen LogP contribution in [0.1, 0.15) is 30.0 Å². The second-order valence-electron chi connectivity index (χ2n) is 6.51. The minimum atomic E-state index is -4.71. The number of ether oxygens (including phenoxy) is 1. The molecule has 0 saturated carbocycles. The van der Waals surface area contributed by atoms with E-state index < -0.39 is 11.9 Å². The minimum Gasteiger partial charge on any atom is -0.451 e. The number of halogens is 5. The molecular formula is C18H18Cl2F3N3O. The highest BCUT2D eigenvalue weighted by molar-refractivity contribution is 6.30. The summed E-state index contributed by atoms with van der Waals surface area (Å²) in [4.78, 5) is 3.87. The fourth-order valence-corrected chi connectivity index (χ4v) is 3.69. The van der Waals surface area contributed by atoms with E-state index in [1.807, 2.05) is 6.07 Å². The molecule has 0 aliphatic carbocycles. The molecule has 0 radical (unpaired) electrons. The van der Waals surface area contributed by atoms with Crippen molar-refractivity contribution < 1.29 is 17.9 Å². The third-order valence-corrected chi connectivity index (χ3v) is 5.11. The maximum atomic E-state index is 14.1. The molecule has 4 rings (SSSR count). The van der Waals surface area contributed by atoms with Gasteiger partial charge in [-0.05, 0) is 55.6 Å². The number of aromatic nitrogens is 1. The van der Waals surface area contributed by atoms with Gasteiger partial charge in [-0.1, -0.05) is 23.7 Å². The monoisotopic (exact) mass is 419 g/mol. The van der Waals surface area contributed by atoms with Gasteiger partial charge in [0.1, 0.15) is 11.4 Å². The maximum Gasteiger partial charge on any atom is 0.455 e. The number of para-hydroxylation sites is 1.